The van der Waals surface area contributed by atoms with Crippen LogP contribution in [0.25, 0.3) is 0 Å². The second-order valence-electron chi connectivity index (χ2n) is 2.57. The van der Waals surface area contributed by atoms with Crippen molar-refractivity contribution in [1.82, 2.24) is 0 Å². The largest absolute Gasteiger partial charge is 0.377 e. The van der Waals surface area contributed by atoms with E-state index in [1.165, 1.54) is 19.3 Å². The van der Waals surface area contributed by atoms with Crippen molar-refractivity contribution in [2.45, 2.75) is 33.1 Å². The zero-order valence-electron chi connectivity index (χ0n) is 7.40. The lowest BCUT2D eigenvalue weighted by Crippen LogP contribution is -1.93. The fourth-order valence-corrected chi connectivity index (χ4v) is 0.843. The Bertz CT molecular complexity index is 106. The summed E-state index contributed by atoms with van der Waals surface area (Å²) >= 11 is 3.34. The minimum atomic E-state index is 0.737. The summed E-state index contributed by atoms with van der Waals surface area (Å²) in [5.74, 6) is 0. The lowest BCUT2D eigenvalue weighted by atomic mass is 10.3. The molecule has 0 aromatic carbocycles. The molecular formula is C9H17BrO. The van der Waals surface area contributed by atoms with Crippen LogP contribution >= 0.6 is 15.9 Å². The highest BCUT2D eigenvalue weighted by Gasteiger charge is 1.85. The molecule has 0 aliphatic carbocycles. The number of rotatable bonds is 6. The van der Waals surface area contributed by atoms with Crippen molar-refractivity contribution in [3.63, 3.8) is 0 Å². The van der Waals surface area contributed by atoms with Gasteiger partial charge < -0.3 is 4.74 Å². The van der Waals surface area contributed by atoms with E-state index in [1.54, 1.807) is 0 Å². The molecule has 0 aromatic heterocycles. The lowest BCUT2D eigenvalue weighted by molar-refractivity contribution is 0.157. The van der Waals surface area contributed by atoms with E-state index in [2.05, 4.69) is 22.9 Å². The van der Waals surface area contributed by atoms with E-state index < -0.39 is 0 Å². The third-order valence-corrected chi connectivity index (χ3v) is 1.70. The Morgan fingerprint density at radius 3 is 2.73 bits per heavy atom. The maximum absolute atomic E-state index is 5.34. The van der Waals surface area contributed by atoms with E-state index >= 15 is 0 Å². The lowest BCUT2D eigenvalue weighted by Gasteiger charge is -1.99. The summed E-state index contributed by atoms with van der Waals surface area (Å²) < 4.78 is 6.49. The van der Waals surface area contributed by atoms with E-state index in [-0.39, 0.29) is 0 Å². The van der Waals surface area contributed by atoms with Gasteiger partial charge in [0, 0.05) is 6.61 Å². The SMILES string of the molecule is CCCCCOCC=C(C)Br. The molecule has 66 valence electrons. The number of allylic oxidation sites excluding steroid dienone is 1. The zero-order valence-corrected chi connectivity index (χ0v) is 8.99. The maximum Gasteiger partial charge on any atom is 0.0658 e. The Balaban J connectivity index is 2.97. The molecule has 2 heteroatoms. The third-order valence-electron chi connectivity index (χ3n) is 1.37. The summed E-state index contributed by atoms with van der Waals surface area (Å²) in [7, 11) is 0. The summed E-state index contributed by atoms with van der Waals surface area (Å²) in [6.07, 6.45) is 5.76. The van der Waals surface area contributed by atoms with Gasteiger partial charge in [0.15, 0.2) is 0 Å². The van der Waals surface area contributed by atoms with Gasteiger partial charge in [-0.15, -0.1) is 0 Å². The van der Waals surface area contributed by atoms with E-state index in [1.807, 2.05) is 13.0 Å². The normalized spacial score (nSPS) is 12.1. The number of ether oxygens (including phenoxy) is 1. The molecule has 0 fully saturated rings. The molecule has 0 aromatic rings. The molecule has 0 radical (unpaired) electrons. The van der Waals surface area contributed by atoms with Crippen molar-refractivity contribution in [1.29, 1.82) is 0 Å². The first kappa shape index (κ1) is 11.2. The van der Waals surface area contributed by atoms with Crippen LogP contribution in [-0.4, -0.2) is 13.2 Å². The number of hydrogen-bond acceptors (Lipinski definition) is 1. The summed E-state index contributed by atoms with van der Waals surface area (Å²) in [4.78, 5) is 0. The quantitative estimate of drug-likeness (QED) is 0.624. The molecule has 1 nitrogen and oxygen atoms in total. The van der Waals surface area contributed by atoms with Crippen LogP contribution in [0.15, 0.2) is 10.6 Å². The van der Waals surface area contributed by atoms with Gasteiger partial charge >= 0.3 is 0 Å². The van der Waals surface area contributed by atoms with Gasteiger partial charge in [-0.05, 0) is 23.9 Å². The number of hydrogen-bond donors (Lipinski definition) is 0. The smallest absolute Gasteiger partial charge is 0.0658 e. The Labute approximate surface area is 78.0 Å². The van der Waals surface area contributed by atoms with E-state index in [0.717, 1.165) is 17.7 Å². The molecular weight excluding hydrogens is 204 g/mol. The molecule has 0 bridgehead atoms. The molecule has 0 rings (SSSR count). The Kier molecular flexibility index (Phi) is 8.41. The average Bonchev–Trinajstić information content (AvgIpc) is 1.96. The molecule has 0 saturated carbocycles. The van der Waals surface area contributed by atoms with Gasteiger partial charge in [-0.3, -0.25) is 0 Å². The van der Waals surface area contributed by atoms with Crippen molar-refractivity contribution < 1.29 is 4.74 Å². The van der Waals surface area contributed by atoms with E-state index in [9.17, 15) is 0 Å². The van der Waals surface area contributed by atoms with Crippen LogP contribution in [0, 0.1) is 0 Å². The van der Waals surface area contributed by atoms with Crippen LogP contribution in [0.2, 0.25) is 0 Å². The second kappa shape index (κ2) is 8.28. The molecule has 0 saturated heterocycles. The first-order valence-corrected chi connectivity index (χ1v) is 4.96. The predicted molar refractivity (Wildman–Crippen MR) is 53.0 cm³/mol. The molecule has 0 aliphatic heterocycles. The highest BCUT2D eigenvalue weighted by Crippen LogP contribution is 2.01. The maximum atomic E-state index is 5.34. The van der Waals surface area contributed by atoms with Crippen LogP contribution in [0.4, 0.5) is 0 Å². The fourth-order valence-electron chi connectivity index (χ4n) is 0.711. The van der Waals surface area contributed by atoms with Gasteiger partial charge in [0.25, 0.3) is 0 Å². The van der Waals surface area contributed by atoms with Crippen molar-refractivity contribution in [2.24, 2.45) is 0 Å². The van der Waals surface area contributed by atoms with Crippen molar-refractivity contribution in [2.75, 3.05) is 13.2 Å². The van der Waals surface area contributed by atoms with Crippen LogP contribution in [0.3, 0.4) is 0 Å². The number of halogens is 1. The first-order chi connectivity index (χ1) is 5.27. The second-order valence-corrected chi connectivity index (χ2v) is 3.82. The Morgan fingerprint density at radius 1 is 1.45 bits per heavy atom. The van der Waals surface area contributed by atoms with E-state index in [0.29, 0.717) is 0 Å². The highest BCUT2D eigenvalue weighted by atomic mass is 79.9. The standard InChI is InChI=1S/C9H17BrO/c1-3-4-5-7-11-8-6-9(2)10/h6H,3-5,7-8H2,1-2H3. The van der Waals surface area contributed by atoms with Crippen molar-refractivity contribution >= 4 is 15.9 Å². The number of unbranched alkanes of at least 4 members (excludes halogenated alkanes) is 2. The highest BCUT2D eigenvalue weighted by molar-refractivity contribution is 9.11. The molecule has 0 spiro atoms. The minimum absolute atomic E-state index is 0.737. The fraction of sp³-hybridized carbons (Fsp3) is 0.778. The zero-order chi connectivity index (χ0) is 8.53. The topological polar surface area (TPSA) is 9.23 Å². The average molecular weight is 221 g/mol. The van der Waals surface area contributed by atoms with Gasteiger partial charge in [0.2, 0.25) is 0 Å². The third kappa shape index (κ3) is 10.2. The molecule has 0 amide bonds. The van der Waals surface area contributed by atoms with E-state index in [4.69, 9.17) is 4.74 Å². The van der Waals surface area contributed by atoms with Crippen LogP contribution in [0.1, 0.15) is 33.1 Å². The summed E-state index contributed by atoms with van der Waals surface area (Å²) in [6.45, 7) is 5.84. The Hall–Kier alpha value is 0.180. The molecule has 0 N–H and O–H groups in total. The molecule has 0 unspecified atom stereocenters. The first-order valence-electron chi connectivity index (χ1n) is 4.17. The van der Waals surface area contributed by atoms with Crippen molar-refractivity contribution in [3.05, 3.63) is 10.6 Å². The van der Waals surface area contributed by atoms with Crippen molar-refractivity contribution in [3.8, 4) is 0 Å². The molecule has 0 aliphatic rings. The summed E-state index contributed by atoms with van der Waals surface area (Å²) in [6, 6.07) is 0. The monoisotopic (exact) mass is 220 g/mol. The minimum Gasteiger partial charge on any atom is -0.377 e. The van der Waals surface area contributed by atoms with Gasteiger partial charge in [-0.2, -0.15) is 0 Å². The predicted octanol–water partition coefficient (Wildman–Crippen LogP) is 3.49. The molecule has 0 atom stereocenters. The van der Waals surface area contributed by atoms with Gasteiger partial charge in [0.05, 0.1) is 6.61 Å². The van der Waals surface area contributed by atoms with Crippen LogP contribution in [0.5, 0.6) is 0 Å². The summed E-state index contributed by atoms with van der Waals surface area (Å²) in [5, 5.41) is 0. The molecule has 11 heavy (non-hydrogen) atoms. The van der Waals surface area contributed by atoms with Crippen LogP contribution in [-0.2, 0) is 4.74 Å². The van der Waals surface area contributed by atoms with Gasteiger partial charge in [-0.1, -0.05) is 35.7 Å². The van der Waals surface area contributed by atoms with Gasteiger partial charge in [0.1, 0.15) is 0 Å². The van der Waals surface area contributed by atoms with Crippen LogP contribution < -0.4 is 0 Å². The summed E-state index contributed by atoms with van der Waals surface area (Å²) in [5.41, 5.74) is 0. The molecule has 0 heterocycles. The Morgan fingerprint density at radius 2 is 2.18 bits per heavy atom. The van der Waals surface area contributed by atoms with Gasteiger partial charge in [-0.25, -0.2) is 0 Å².